The number of alkyl halides is 4. The molecule has 0 aliphatic carbocycles. The molecule has 17 heteroatoms. The van der Waals surface area contributed by atoms with E-state index in [1.807, 2.05) is 0 Å². The molecule has 1 saturated heterocycles. The number of phosphoric ester groups is 1. The first-order valence-electron chi connectivity index (χ1n) is 9.88. The molecule has 2 aliphatic heterocycles. The van der Waals surface area contributed by atoms with Crippen LogP contribution in [0.5, 0.6) is 5.75 Å². The number of aromatic nitrogens is 4. The van der Waals surface area contributed by atoms with E-state index in [1.165, 1.54) is 6.07 Å². The molecule has 5 rings (SSSR count). The highest BCUT2D eigenvalue weighted by molar-refractivity contribution is 7.49. The van der Waals surface area contributed by atoms with Gasteiger partial charge < -0.3 is 20.1 Å². The quantitative estimate of drug-likeness (QED) is 0.334. The summed E-state index contributed by atoms with van der Waals surface area (Å²) >= 11 is 0. The van der Waals surface area contributed by atoms with Crippen molar-refractivity contribution in [1.82, 2.24) is 19.5 Å². The Hall–Kier alpha value is -3.04. The van der Waals surface area contributed by atoms with Crippen molar-refractivity contribution in [3.05, 3.63) is 46.5 Å². The van der Waals surface area contributed by atoms with E-state index >= 15 is 8.78 Å². The van der Waals surface area contributed by atoms with Crippen LogP contribution in [0.3, 0.4) is 0 Å². The summed E-state index contributed by atoms with van der Waals surface area (Å²) in [4.78, 5) is 21.4. The molecule has 12 nitrogen and oxygen atoms in total. The fourth-order valence-electron chi connectivity index (χ4n) is 3.77. The van der Waals surface area contributed by atoms with Crippen molar-refractivity contribution < 1.29 is 45.5 Å². The highest BCUT2D eigenvalue weighted by Crippen LogP contribution is 2.57. The summed E-state index contributed by atoms with van der Waals surface area (Å²) in [5.74, 6) is -4.75. The van der Waals surface area contributed by atoms with E-state index in [4.69, 9.17) is 24.0 Å². The fourth-order valence-corrected chi connectivity index (χ4v) is 5.02. The largest absolute Gasteiger partial charge is 0.530 e. The van der Waals surface area contributed by atoms with Gasteiger partial charge in [0.15, 0.2) is 22.9 Å². The minimum atomic E-state index is -4.54. The molecule has 2 aliphatic rings. The highest BCUT2D eigenvalue weighted by Gasteiger charge is 2.71. The van der Waals surface area contributed by atoms with E-state index in [9.17, 15) is 23.2 Å². The summed E-state index contributed by atoms with van der Waals surface area (Å²) < 4.78 is 92.0. The van der Waals surface area contributed by atoms with Crippen molar-refractivity contribution in [2.45, 2.75) is 36.9 Å². The normalized spacial score (nSPS) is 29.9. The molecule has 2 aromatic heterocycles. The van der Waals surface area contributed by atoms with Crippen LogP contribution < -0.4 is 15.8 Å². The Balaban J connectivity index is 1.47. The zero-order valence-electron chi connectivity index (χ0n) is 17.3. The number of aliphatic hydroxyl groups is 1. The predicted octanol–water partition coefficient (Wildman–Crippen LogP) is 1.96. The van der Waals surface area contributed by atoms with Crippen molar-refractivity contribution in [3.63, 3.8) is 0 Å². The maximum atomic E-state index is 15.1. The molecule has 1 fully saturated rings. The number of imidazole rings is 1. The number of nitrogens with two attached hydrogens (primary N) is 1. The number of nitrogens with zero attached hydrogens (tertiary/aromatic N) is 3. The maximum absolute atomic E-state index is 15.1. The van der Waals surface area contributed by atoms with Gasteiger partial charge in [-0.15, -0.1) is 0 Å². The lowest BCUT2D eigenvalue weighted by atomic mass is 9.96. The third-order valence-corrected chi connectivity index (χ3v) is 6.88. The number of H-pyrrole nitrogens is 1. The van der Waals surface area contributed by atoms with E-state index < -0.39 is 67.4 Å². The Bertz CT molecular complexity index is 1400. The van der Waals surface area contributed by atoms with Crippen molar-refractivity contribution >= 4 is 24.9 Å². The molecule has 4 atom stereocenters. The van der Waals surface area contributed by atoms with Gasteiger partial charge in [0.05, 0.1) is 19.5 Å². The van der Waals surface area contributed by atoms with Gasteiger partial charge in [-0.1, -0.05) is 18.2 Å². The summed E-state index contributed by atoms with van der Waals surface area (Å²) in [5.41, 5.74) is 0.755. The van der Waals surface area contributed by atoms with Crippen LogP contribution in [0.1, 0.15) is 11.8 Å². The Morgan fingerprint density at radius 1 is 1.37 bits per heavy atom. The van der Waals surface area contributed by atoms with Gasteiger partial charge in [-0.05, 0) is 6.07 Å². The molecule has 0 spiro atoms. The smallest absolute Gasteiger partial charge is 0.404 e. The summed E-state index contributed by atoms with van der Waals surface area (Å²) in [6.07, 6.45) is -8.82. The Kier molecular flexibility index (Phi) is 5.41. The Morgan fingerprint density at radius 3 is 2.86 bits per heavy atom. The molecule has 0 bridgehead atoms. The van der Waals surface area contributed by atoms with Crippen LogP contribution in [0.25, 0.3) is 11.2 Å². The third-order valence-electron chi connectivity index (χ3n) is 5.57. The third kappa shape index (κ3) is 3.68. The lowest BCUT2D eigenvalue weighted by molar-refractivity contribution is -0.193. The van der Waals surface area contributed by atoms with Crippen molar-refractivity contribution in [3.8, 4) is 5.75 Å². The number of fused-ring (bicyclic) bond motifs is 2. The molecule has 1 aromatic carbocycles. The number of aliphatic hydroxyl groups excluding tert-OH is 1. The van der Waals surface area contributed by atoms with Gasteiger partial charge in [0.25, 0.3) is 12.0 Å². The summed E-state index contributed by atoms with van der Waals surface area (Å²) in [5, 5.41) is 10.3. The minimum Gasteiger partial charge on any atom is -0.404 e. The zero-order valence-corrected chi connectivity index (χ0v) is 18.2. The van der Waals surface area contributed by atoms with E-state index in [2.05, 4.69) is 15.0 Å². The molecule has 35 heavy (non-hydrogen) atoms. The standard InChI is InChI=1S/C18H16F4N5O7P/c19-14(20)17(6-32-35(30)31-5-8-3-1-2-4-9(8)34-35)13(29)18(21,22)15(33-17)27-7-24-10-11(27)25-16(23)26-12(10)28/h1-4,7,13-15,29H,5-6H2,(H3,23,25,26,28)/t13-,15-,17-,35?/m1/s1. The van der Waals surface area contributed by atoms with Crippen molar-refractivity contribution in [2.24, 2.45) is 0 Å². The van der Waals surface area contributed by atoms with Gasteiger partial charge in [-0.25, -0.2) is 18.3 Å². The van der Waals surface area contributed by atoms with Gasteiger partial charge >= 0.3 is 13.7 Å². The molecule has 1 unspecified atom stereocenters. The second kappa shape index (κ2) is 7.99. The number of aromatic amines is 1. The number of halogens is 4. The van der Waals surface area contributed by atoms with Gasteiger partial charge in [0.2, 0.25) is 12.2 Å². The first kappa shape index (κ1) is 23.7. The SMILES string of the molecule is Nc1nc2c(ncn2[C@@H]2O[C@@](COP3(=O)OCc4ccccc4O3)(C(F)F)[C@@H](O)C2(F)F)c(=O)[nH]1. The number of nitrogens with one attached hydrogen (secondary N) is 1. The lowest BCUT2D eigenvalue weighted by Gasteiger charge is -2.32. The van der Waals surface area contributed by atoms with Crippen LogP contribution in [0.4, 0.5) is 23.5 Å². The number of rotatable bonds is 5. The summed E-state index contributed by atoms with van der Waals surface area (Å²) in [6.45, 7) is -1.76. The topological polar surface area (TPSA) is 164 Å². The number of hydrogen-bond donors (Lipinski definition) is 3. The van der Waals surface area contributed by atoms with Crippen LogP contribution in [-0.2, 0) is 25.0 Å². The average Bonchev–Trinajstić information content (AvgIpc) is 3.30. The van der Waals surface area contributed by atoms with Crippen molar-refractivity contribution in [1.29, 1.82) is 0 Å². The minimum absolute atomic E-state index is 0.0862. The molecule has 0 amide bonds. The highest BCUT2D eigenvalue weighted by atomic mass is 31.2. The second-order valence-electron chi connectivity index (χ2n) is 7.77. The number of ether oxygens (including phenoxy) is 1. The monoisotopic (exact) mass is 521 g/mol. The van der Waals surface area contributed by atoms with Crippen LogP contribution >= 0.6 is 7.82 Å². The van der Waals surface area contributed by atoms with Crippen LogP contribution in [0, 0.1) is 0 Å². The number of phosphoric acid groups is 1. The molecule has 4 N–H and O–H groups in total. The molecular weight excluding hydrogens is 505 g/mol. The van der Waals surface area contributed by atoms with Crippen molar-refractivity contribution in [2.75, 3.05) is 12.3 Å². The molecule has 0 radical (unpaired) electrons. The first-order chi connectivity index (χ1) is 16.5. The fraction of sp³-hybridized carbons (Fsp3) is 0.389. The maximum Gasteiger partial charge on any atom is 0.530 e. The molecule has 3 aromatic rings. The number of para-hydroxylation sites is 1. The van der Waals surface area contributed by atoms with Gasteiger partial charge in [-0.3, -0.25) is 23.4 Å². The van der Waals surface area contributed by atoms with Crippen LogP contribution in [-0.4, -0.2) is 55.3 Å². The van der Waals surface area contributed by atoms with Gasteiger partial charge in [0.1, 0.15) is 5.75 Å². The molecule has 188 valence electrons. The van der Waals surface area contributed by atoms with Gasteiger partial charge in [0, 0.05) is 5.56 Å². The van der Waals surface area contributed by atoms with E-state index in [1.54, 1.807) is 18.2 Å². The Labute approximate surface area is 192 Å². The van der Waals surface area contributed by atoms with E-state index in [0.29, 0.717) is 16.5 Å². The van der Waals surface area contributed by atoms with E-state index in [-0.39, 0.29) is 12.4 Å². The lowest BCUT2D eigenvalue weighted by Crippen LogP contribution is -2.54. The second-order valence-corrected chi connectivity index (χ2v) is 9.36. The predicted molar refractivity (Wildman–Crippen MR) is 108 cm³/mol. The number of benzene rings is 1. The number of nitrogen functional groups attached to an aromatic ring is 1. The van der Waals surface area contributed by atoms with Gasteiger partial charge in [-0.2, -0.15) is 13.8 Å². The zero-order chi connectivity index (χ0) is 25.2. The number of hydrogen-bond acceptors (Lipinski definition) is 10. The molecule has 4 heterocycles. The number of anilines is 1. The first-order valence-corrected chi connectivity index (χ1v) is 11.3. The summed E-state index contributed by atoms with van der Waals surface area (Å²) in [6, 6.07) is 6.21. The average molecular weight is 521 g/mol. The van der Waals surface area contributed by atoms with Crippen LogP contribution in [0.2, 0.25) is 0 Å². The molecule has 0 saturated carbocycles. The molecular formula is C18H16F4N5O7P. The van der Waals surface area contributed by atoms with Crippen LogP contribution in [0.15, 0.2) is 35.4 Å². The van der Waals surface area contributed by atoms with E-state index in [0.717, 1.165) is 0 Å². The Morgan fingerprint density at radius 2 is 2.11 bits per heavy atom. The summed E-state index contributed by atoms with van der Waals surface area (Å²) in [7, 11) is -4.54.